The second-order valence-corrected chi connectivity index (χ2v) is 8.58. The minimum atomic E-state index is -0.106. The summed E-state index contributed by atoms with van der Waals surface area (Å²) in [6, 6.07) is 18.5. The van der Waals surface area contributed by atoms with Crippen LogP contribution in [-0.4, -0.2) is 45.7 Å². The number of benzene rings is 2. The van der Waals surface area contributed by atoms with E-state index in [9.17, 15) is 4.79 Å². The van der Waals surface area contributed by atoms with E-state index in [1.807, 2.05) is 30.3 Å². The fourth-order valence-electron chi connectivity index (χ4n) is 4.09. The third-order valence-electron chi connectivity index (χ3n) is 5.85. The molecule has 1 saturated heterocycles. The van der Waals surface area contributed by atoms with Gasteiger partial charge in [-0.15, -0.1) is 5.10 Å². The number of anilines is 1. The summed E-state index contributed by atoms with van der Waals surface area (Å²) in [6.07, 6.45) is 6.55. The van der Waals surface area contributed by atoms with Gasteiger partial charge in [0.05, 0.1) is 6.61 Å². The maximum absolute atomic E-state index is 12.2. The molecule has 1 aliphatic rings. The number of rotatable bonds is 11. The van der Waals surface area contributed by atoms with Crippen LogP contribution in [0.15, 0.2) is 54.6 Å². The largest absolute Gasteiger partial charge is 0.494 e. The molecule has 1 fully saturated rings. The summed E-state index contributed by atoms with van der Waals surface area (Å²) < 4.78 is 5.88. The molecule has 1 aliphatic heterocycles. The zero-order valence-corrected chi connectivity index (χ0v) is 19.1. The predicted octanol–water partition coefficient (Wildman–Crippen LogP) is 4.37. The van der Waals surface area contributed by atoms with Crippen LogP contribution in [0.4, 0.5) is 5.95 Å². The second-order valence-electron chi connectivity index (χ2n) is 8.58. The Labute approximate surface area is 195 Å². The first-order chi connectivity index (χ1) is 16.2. The lowest BCUT2D eigenvalue weighted by Gasteiger charge is -2.26. The number of H-pyrrole nitrogens is 1. The summed E-state index contributed by atoms with van der Waals surface area (Å²) >= 11 is 0. The maximum Gasteiger partial charge on any atom is 0.248 e. The van der Waals surface area contributed by atoms with E-state index in [2.05, 4.69) is 49.7 Å². The minimum Gasteiger partial charge on any atom is -0.494 e. The summed E-state index contributed by atoms with van der Waals surface area (Å²) in [4.78, 5) is 19.1. The number of carbonyl (C=O) groups is 1. The zero-order valence-electron chi connectivity index (χ0n) is 19.1. The quantitative estimate of drug-likeness (QED) is 0.427. The van der Waals surface area contributed by atoms with Gasteiger partial charge in [-0.2, -0.15) is 4.98 Å². The van der Waals surface area contributed by atoms with Crippen LogP contribution >= 0.6 is 0 Å². The Kier molecular flexibility index (Phi) is 8.47. The summed E-state index contributed by atoms with van der Waals surface area (Å²) in [7, 11) is 0. The molecule has 33 heavy (non-hydrogen) atoms. The molecular weight excluding hydrogens is 414 g/mol. The molecule has 0 aliphatic carbocycles. The number of aromatic amines is 1. The molecule has 7 nitrogen and oxygen atoms in total. The van der Waals surface area contributed by atoms with Crippen molar-refractivity contribution < 1.29 is 9.53 Å². The smallest absolute Gasteiger partial charge is 0.248 e. The number of amides is 1. The average molecular weight is 448 g/mol. The van der Waals surface area contributed by atoms with Gasteiger partial charge in [0.1, 0.15) is 11.6 Å². The number of hydrogen-bond donors (Lipinski definition) is 2. The molecule has 2 heterocycles. The number of aromatic nitrogens is 3. The highest BCUT2D eigenvalue weighted by Gasteiger charge is 2.11. The lowest BCUT2D eigenvalue weighted by molar-refractivity contribution is -0.116. The first-order valence-electron chi connectivity index (χ1n) is 11.9. The average Bonchev–Trinajstić information content (AvgIpc) is 3.29. The first kappa shape index (κ1) is 23.0. The van der Waals surface area contributed by atoms with Crippen molar-refractivity contribution in [3.05, 3.63) is 71.5 Å². The van der Waals surface area contributed by atoms with E-state index in [1.165, 1.54) is 43.5 Å². The molecule has 0 atom stereocenters. The number of nitrogens with zero attached hydrogens (tertiary/aromatic N) is 3. The van der Waals surface area contributed by atoms with Crippen molar-refractivity contribution >= 4 is 11.9 Å². The molecule has 2 aromatic carbocycles. The number of carbonyl (C=O) groups excluding carboxylic acids is 1. The van der Waals surface area contributed by atoms with E-state index in [0.717, 1.165) is 31.0 Å². The van der Waals surface area contributed by atoms with E-state index in [1.54, 1.807) is 0 Å². The van der Waals surface area contributed by atoms with Crippen molar-refractivity contribution in [1.82, 2.24) is 20.1 Å². The van der Waals surface area contributed by atoms with Crippen molar-refractivity contribution in [3.63, 3.8) is 0 Å². The Morgan fingerprint density at radius 3 is 2.67 bits per heavy atom. The van der Waals surface area contributed by atoms with Crippen LogP contribution in [0.25, 0.3) is 0 Å². The van der Waals surface area contributed by atoms with Crippen LogP contribution in [-0.2, 0) is 24.2 Å². The fraction of sp³-hybridized carbons (Fsp3) is 0.423. The topological polar surface area (TPSA) is 83.1 Å². The molecule has 0 radical (unpaired) electrons. The Bertz CT molecular complexity index is 999. The zero-order chi connectivity index (χ0) is 22.7. The van der Waals surface area contributed by atoms with E-state index in [4.69, 9.17) is 4.74 Å². The molecule has 2 N–H and O–H groups in total. The van der Waals surface area contributed by atoms with Gasteiger partial charge in [-0.3, -0.25) is 20.1 Å². The van der Waals surface area contributed by atoms with Gasteiger partial charge in [0.25, 0.3) is 0 Å². The molecule has 7 heteroatoms. The predicted molar refractivity (Wildman–Crippen MR) is 129 cm³/mol. The van der Waals surface area contributed by atoms with Gasteiger partial charge < -0.3 is 4.74 Å². The second kappa shape index (κ2) is 12.2. The van der Waals surface area contributed by atoms with Gasteiger partial charge in [0.15, 0.2) is 0 Å². The molecule has 3 aromatic rings. The Balaban J connectivity index is 1.14. The third-order valence-corrected chi connectivity index (χ3v) is 5.85. The van der Waals surface area contributed by atoms with Crippen molar-refractivity contribution in [1.29, 1.82) is 0 Å². The van der Waals surface area contributed by atoms with Crippen molar-refractivity contribution in [2.75, 3.05) is 25.0 Å². The normalized spacial score (nSPS) is 14.2. The fourth-order valence-corrected chi connectivity index (χ4v) is 4.09. The molecule has 0 bridgehead atoms. The van der Waals surface area contributed by atoms with Crippen LogP contribution in [0.3, 0.4) is 0 Å². The van der Waals surface area contributed by atoms with Crippen LogP contribution < -0.4 is 10.1 Å². The standard InChI is InChI=1S/C26H33N5O2/c32-25(28-26-27-24(29-30-26)15-14-21-9-3-1-4-10-21)13-8-18-33-23-12-7-11-22(19-23)20-31-16-5-2-6-17-31/h1,3-4,7,9-12,19H,2,5-6,8,13-18,20H2,(H2,27,28,29,30,32). The lowest BCUT2D eigenvalue weighted by Crippen LogP contribution is -2.29. The molecule has 0 saturated carbocycles. The molecule has 174 valence electrons. The summed E-state index contributed by atoms with van der Waals surface area (Å²) in [5, 5.41) is 9.76. The van der Waals surface area contributed by atoms with Gasteiger partial charge in [0.2, 0.25) is 11.9 Å². The Morgan fingerprint density at radius 1 is 1.00 bits per heavy atom. The highest BCUT2D eigenvalue weighted by molar-refractivity contribution is 5.88. The van der Waals surface area contributed by atoms with Gasteiger partial charge in [-0.05, 0) is 62.0 Å². The van der Waals surface area contributed by atoms with Crippen LogP contribution in [0.2, 0.25) is 0 Å². The van der Waals surface area contributed by atoms with Gasteiger partial charge in [-0.25, -0.2) is 0 Å². The van der Waals surface area contributed by atoms with E-state index >= 15 is 0 Å². The van der Waals surface area contributed by atoms with Gasteiger partial charge in [0, 0.05) is 19.4 Å². The molecule has 0 spiro atoms. The van der Waals surface area contributed by atoms with Crippen LogP contribution in [0.5, 0.6) is 5.75 Å². The SMILES string of the molecule is O=C(CCCOc1cccc(CN2CCCCC2)c1)Nc1n[nH]c(CCc2ccccc2)n1. The molecule has 1 amide bonds. The summed E-state index contributed by atoms with van der Waals surface area (Å²) in [6.45, 7) is 3.83. The highest BCUT2D eigenvalue weighted by atomic mass is 16.5. The van der Waals surface area contributed by atoms with Crippen molar-refractivity contribution in [3.8, 4) is 5.75 Å². The maximum atomic E-state index is 12.2. The minimum absolute atomic E-state index is 0.106. The van der Waals surface area contributed by atoms with E-state index < -0.39 is 0 Å². The number of ether oxygens (including phenoxy) is 1. The summed E-state index contributed by atoms with van der Waals surface area (Å²) in [5.41, 5.74) is 2.52. The lowest BCUT2D eigenvalue weighted by atomic mass is 10.1. The molecular formula is C26H33N5O2. The number of likely N-dealkylation sites (tertiary alicyclic amines) is 1. The van der Waals surface area contributed by atoms with E-state index in [-0.39, 0.29) is 5.91 Å². The van der Waals surface area contributed by atoms with Gasteiger partial charge in [-0.1, -0.05) is 48.9 Å². The van der Waals surface area contributed by atoms with Crippen LogP contribution in [0.1, 0.15) is 49.1 Å². The van der Waals surface area contributed by atoms with Crippen molar-refractivity contribution in [2.24, 2.45) is 0 Å². The van der Waals surface area contributed by atoms with Gasteiger partial charge >= 0.3 is 0 Å². The Morgan fingerprint density at radius 2 is 1.82 bits per heavy atom. The molecule has 1 aromatic heterocycles. The van der Waals surface area contributed by atoms with Crippen LogP contribution in [0, 0.1) is 0 Å². The van der Waals surface area contributed by atoms with Crippen molar-refractivity contribution in [2.45, 2.75) is 51.5 Å². The first-order valence-corrected chi connectivity index (χ1v) is 11.9. The van der Waals surface area contributed by atoms with E-state index in [0.29, 0.717) is 25.4 Å². The number of nitrogens with one attached hydrogen (secondary N) is 2. The monoisotopic (exact) mass is 447 g/mol. The number of aryl methyl sites for hydroxylation is 2. The Hall–Kier alpha value is -3.19. The number of piperidine rings is 1. The molecule has 4 rings (SSSR count). The summed E-state index contributed by atoms with van der Waals surface area (Å²) in [5.74, 6) is 1.85. The highest BCUT2D eigenvalue weighted by Crippen LogP contribution is 2.18. The number of hydrogen-bond acceptors (Lipinski definition) is 5. The molecule has 0 unspecified atom stereocenters. The third kappa shape index (κ3) is 7.71.